The average molecular weight is 371 g/mol. The molecule has 0 unspecified atom stereocenters. The molecule has 3 rings (SSSR count). The quantitative estimate of drug-likeness (QED) is 0.816. The predicted molar refractivity (Wildman–Crippen MR) is 84.6 cm³/mol. The lowest BCUT2D eigenvalue weighted by molar-refractivity contribution is -0.141. The lowest BCUT2D eigenvalue weighted by atomic mass is 9.89. The molecule has 0 radical (unpaired) electrons. The minimum atomic E-state index is -3.29. The Hall–Kier alpha value is -2.42. The highest BCUT2D eigenvalue weighted by Crippen LogP contribution is 2.34. The highest BCUT2D eigenvalue weighted by molar-refractivity contribution is 6.00. The number of benzene rings is 1. The third kappa shape index (κ3) is 3.44. The van der Waals surface area contributed by atoms with Crippen LogP contribution in [0.15, 0.2) is 24.4 Å². The van der Waals surface area contributed by atoms with E-state index in [1.54, 1.807) is 0 Å². The molecule has 0 saturated heterocycles. The van der Waals surface area contributed by atoms with Gasteiger partial charge < -0.3 is 10.4 Å². The molecule has 1 amide bonds. The third-order valence-electron chi connectivity index (χ3n) is 4.41. The van der Waals surface area contributed by atoms with Crippen LogP contribution >= 0.6 is 0 Å². The molecular weight excluding hydrogens is 354 g/mol. The van der Waals surface area contributed by atoms with Crippen LogP contribution in [0, 0.1) is 11.6 Å². The Bertz CT molecular complexity index is 837. The summed E-state index contributed by atoms with van der Waals surface area (Å²) in [6.07, 6.45) is -0.846. The number of aryl methyl sites for hydroxylation is 1. The number of alkyl halides is 2. The van der Waals surface area contributed by atoms with Gasteiger partial charge in [0.05, 0.1) is 11.6 Å². The SMILES string of the molecule is Cn1cc(C(=O)N[C@@H]2CCCC(F)(F)[C@H]2O)c(-c2cc(F)ccc2F)n1. The zero-order chi connectivity index (χ0) is 19.1. The molecule has 0 spiro atoms. The van der Waals surface area contributed by atoms with Crippen LogP contribution in [0.4, 0.5) is 17.6 Å². The van der Waals surface area contributed by atoms with Crippen molar-refractivity contribution in [2.45, 2.75) is 37.3 Å². The van der Waals surface area contributed by atoms with Crippen LogP contribution in [0.5, 0.6) is 0 Å². The molecule has 1 aliphatic rings. The largest absolute Gasteiger partial charge is 0.385 e. The van der Waals surface area contributed by atoms with Crippen molar-refractivity contribution in [3.63, 3.8) is 0 Å². The number of hydrogen-bond donors (Lipinski definition) is 2. The number of nitrogens with zero attached hydrogens (tertiary/aromatic N) is 2. The van der Waals surface area contributed by atoms with Gasteiger partial charge in [0.2, 0.25) is 0 Å². The summed E-state index contributed by atoms with van der Waals surface area (Å²) in [5.74, 6) is -5.56. The maximum Gasteiger partial charge on any atom is 0.275 e. The second kappa shape index (κ2) is 6.71. The van der Waals surface area contributed by atoms with Gasteiger partial charge in [-0.05, 0) is 31.0 Å². The smallest absolute Gasteiger partial charge is 0.275 e. The number of hydrogen-bond acceptors (Lipinski definition) is 3. The van der Waals surface area contributed by atoms with E-state index in [0.29, 0.717) is 0 Å². The Morgan fingerprint density at radius 2 is 2.12 bits per heavy atom. The summed E-state index contributed by atoms with van der Waals surface area (Å²) in [5.41, 5.74) is -0.428. The monoisotopic (exact) mass is 371 g/mol. The summed E-state index contributed by atoms with van der Waals surface area (Å²) in [6.45, 7) is 0. The highest BCUT2D eigenvalue weighted by atomic mass is 19.3. The zero-order valence-electron chi connectivity index (χ0n) is 13.8. The number of aliphatic hydroxyl groups is 1. The first kappa shape index (κ1) is 18.4. The van der Waals surface area contributed by atoms with Crippen molar-refractivity contribution >= 4 is 5.91 Å². The van der Waals surface area contributed by atoms with E-state index in [1.807, 2.05) is 0 Å². The first-order chi connectivity index (χ1) is 12.2. The van der Waals surface area contributed by atoms with E-state index in [0.717, 1.165) is 18.2 Å². The summed E-state index contributed by atoms with van der Waals surface area (Å²) in [7, 11) is 1.49. The van der Waals surface area contributed by atoms with Crippen molar-refractivity contribution in [3.05, 3.63) is 41.6 Å². The molecule has 26 heavy (non-hydrogen) atoms. The molecule has 9 heteroatoms. The number of carbonyl (C=O) groups excluding carboxylic acids is 1. The van der Waals surface area contributed by atoms with Crippen LogP contribution in [0.25, 0.3) is 11.3 Å². The fraction of sp³-hybridized carbons (Fsp3) is 0.412. The van der Waals surface area contributed by atoms with Gasteiger partial charge in [-0.2, -0.15) is 5.10 Å². The molecule has 140 valence electrons. The van der Waals surface area contributed by atoms with Crippen LogP contribution < -0.4 is 5.32 Å². The minimum Gasteiger partial charge on any atom is -0.385 e. The molecule has 1 saturated carbocycles. The number of halogens is 4. The maximum absolute atomic E-state index is 14.0. The van der Waals surface area contributed by atoms with Gasteiger partial charge in [0.15, 0.2) is 0 Å². The lowest BCUT2D eigenvalue weighted by Crippen LogP contribution is -2.54. The average Bonchev–Trinajstić information content (AvgIpc) is 2.96. The van der Waals surface area contributed by atoms with Crippen molar-refractivity contribution in [2.75, 3.05) is 0 Å². The molecule has 1 fully saturated rings. The number of carbonyl (C=O) groups is 1. The maximum atomic E-state index is 14.0. The number of nitrogens with one attached hydrogen (secondary N) is 1. The van der Waals surface area contributed by atoms with Crippen molar-refractivity contribution in [1.29, 1.82) is 0 Å². The van der Waals surface area contributed by atoms with E-state index in [1.165, 1.54) is 17.9 Å². The molecule has 1 aliphatic carbocycles. The van der Waals surface area contributed by atoms with Crippen LogP contribution in [-0.2, 0) is 7.05 Å². The third-order valence-corrected chi connectivity index (χ3v) is 4.41. The number of aromatic nitrogens is 2. The summed E-state index contributed by atoms with van der Waals surface area (Å²) in [4.78, 5) is 12.5. The molecule has 5 nitrogen and oxygen atoms in total. The fourth-order valence-corrected chi connectivity index (χ4v) is 3.09. The van der Waals surface area contributed by atoms with Gasteiger partial charge in [-0.15, -0.1) is 0 Å². The summed E-state index contributed by atoms with van der Waals surface area (Å²) in [6, 6.07) is 1.60. The zero-order valence-corrected chi connectivity index (χ0v) is 13.8. The normalized spacial score (nSPS) is 22.2. The fourth-order valence-electron chi connectivity index (χ4n) is 3.09. The van der Waals surface area contributed by atoms with Gasteiger partial charge in [-0.25, -0.2) is 17.6 Å². The Morgan fingerprint density at radius 3 is 2.85 bits per heavy atom. The molecule has 0 bridgehead atoms. The van der Waals surface area contributed by atoms with Crippen molar-refractivity contribution in [1.82, 2.24) is 15.1 Å². The van der Waals surface area contributed by atoms with Crippen molar-refractivity contribution in [3.8, 4) is 11.3 Å². The molecule has 0 aliphatic heterocycles. The van der Waals surface area contributed by atoms with Gasteiger partial charge in [0.25, 0.3) is 11.8 Å². The molecule has 1 heterocycles. The van der Waals surface area contributed by atoms with E-state index in [2.05, 4.69) is 10.4 Å². The van der Waals surface area contributed by atoms with Crippen LogP contribution in [0.3, 0.4) is 0 Å². The van der Waals surface area contributed by atoms with Crippen molar-refractivity contribution in [2.24, 2.45) is 7.05 Å². The van der Waals surface area contributed by atoms with Gasteiger partial charge in [-0.1, -0.05) is 0 Å². The molecule has 2 aromatic rings. The van der Waals surface area contributed by atoms with E-state index in [4.69, 9.17) is 0 Å². The first-order valence-electron chi connectivity index (χ1n) is 8.05. The van der Waals surface area contributed by atoms with Crippen LogP contribution in [0.1, 0.15) is 29.6 Å². The van der Waals surface area contributed by atoms with E-state index >= 15 is 0 Å². The van der Waals surface area contributed by atoms with Gasteiger partial charge in [0.1, 0.15) is 23.4 Å². The number of rotatable bonds is 3. The molecule has 1 aromatic carbocycles. The number of amides is 1. The molecule has 1 aromatic heterocycles. The Morgan fingerprint density at radius 1 is 1.38 bits per heavy atom. The molecule has 2 N–H and O–H groups in total. The lowest BCUT2D eigenvalue weighted by Gasteiger charge is -2.34. The van der Waals surface area contributed by atoms with Crippen LogP contribution in [0.2, 0.25) is 0 Å². The van der Waals surface area contributed by atoms with Gasteiger partial charge in [-0.3, -0.25) is 9.48 Å². The second-order valence-electron chi connectivity index (χ2n) is 6.37. The number of aliphatic hydroxyl groups excluding tert-OH is 1. The highest BCUT2D eigenvalue weighted by Gasteiger charge is 2.46. The van der Waals surface area contributed by atoms with E-state index in [-0.39, 0.29) is 29.7 Å². The summed E-state index contributed by atoms with van der Waals surface area (Å²) in [5, 5.41) is 16.1. The second-order valence-corrected chi connectivity index (χ2v) is 6.37. The Kier molecular flexibility index (Phi) is 4.74. The Labute approximate surface area is 146 Å². The summed E-state index contributed by atoms with van der Waals surface area (Å²) < 4.78 is 56.0. The minimum absolute atomic E-state index is 0.0990. The topological polar surface area (TPSA) is 67.2 Å². The summed E-state index contributed by atoms with van der Waals surface area (Å²) >= 11 is 0. The first-order valence-corrected chi connectivity index (χ1v) is 8.05. The predicted octanol–water partition coefficient (Wildman–Crippen LogP) is 2.64. The van der Waals surface area contributed by atoms with Crippen LogP contribution in [-0.4, -0.2) is 38.9 Å². The molecular formula is C17H17F4N3O2. The molecule has 2 atom stereocenters. The van der Waals surface area contributed by atoms with Gasteiger partial charge >= 0.3 is 0 Å². The van der Waals surface area contributed by atoms with Crippen molar-refractivity contribution < 1.29 is 27.5 Å². The van der Waals surface area contributed by atoms with Gasteiger partial charge in [0, 0.05) is 25.2 Å². The standard InChI is InChI=1S/C17H17F4N3O2/c1-24-8-11(14(23-24)10-7-9(18)4-5-12(10)19)16(26)22-13-3-2-6-17(20,21)15(13)25/h4-5,7-8,13,15,25H,2-3,6H2,1H3,(H,22,26)/t13-,15+/m1/s1. The Balaban J connectivity index is 1.90. The van der Waals surface area contributed by atoms with E-state index < -0.39 is 42.0 Å². The van der Waals surface area contributed by atoms with E-state index in [9.17, 15) is 27.5 Å².